The molecule has 0 bridgehead atoms. The molecule has 1 saturated heterocycles. The van der Waals surface area contributed by atoms with Gasteiger partial charge in [-0.2, -0.15) is 0 Å². The van der Waals surface area contributed by atoms with Crippen LogP contribution in [0.1, 0.15) is 42.5 Å². The van der Waals surface area contributed by atoms with Crippen LogP contribution >= 0.6 is 0 Å². The van der Waals surface area contributed by atoms with Crippen molar-refractivity contribution in [3.8, 4) is 5.75 Å². The van der Waals surface area contributed by atoms with Gasteiger partial charge in [0.2, 0.25) is 0 Å². The van der Waals surface area contributed by atoms with Crippen molar-refractivity contribution in [1.82, 2.24) is 10.2 Å². The van der Waals surface area contributed by atoms with Gasteiger partial charge >= 0.3 is 0 Å². The van der Waals surface area contributed by atoms with Crippen LogP contribution in [0.2, 0.25) is 0 Å². The lowest BCUT2D eigenvalue weighted by Crippen LogP contribution is -2.56. The van der Waals surface area contributed by atoms with E-state index in [-0.39, 0.29) is 11.7 Å². The van der Waals surface area contributed by atoms with Gasteiger partial charge in [0.15, 0.2) is 0 Å². The van der Waals surface area contributed by atoms with Crippen LogP contribution < -0.4 is 5.32 Å². The lowest BCUT2D eigenvalue weighted by molar-refractivity contribution is 0.0425. The number of nitrogens with one attached hydrogen (secondary N) is 1. The summed E-state index contributed by atoms with van der Waals surface area (Å²) < 4.78 is 0. The lowest BCUT2D eigenvalue weighted by atomic mass is 9.98. The van der Waals surface area contributed by atoms with E-state index in [9.17, 15) is 9.90 Å². The molecule has 0 radical (unpaired) electrons. The Morgan fingerprint density at radius 1 is 1.17 bits per heavy atom. The SMILES string of the molecule is O=C(NCC1CCN1C1CCCC1)c1ccc2cccc(O)c2c1. The Kier molecular flexibility index (Phi) is 4.15. The van der Waals surface area contributed by atoms with Crippen molar-refractivity contribution in [2.75, 3.05) is 13.1 Å². The number of likely N-dealkylation sites (tertiary alicyclic amines) is 1. The second-order valence-electron chi connectivity index (χ2n) is 7.04. The predicted octanol–water partition coefficient (Wildman–Crippen LogP) is 3.29. The molecule has 1 aliphatic heterocycles. The van der Waals surface area contributed by atoms with Gasteiger partial charge in [-0.25, -0.2) is 0 Å². The van der Waals surface area contributed by atoms with Crippen molar-refractivity contribution < 1.29 is 9.90 Å². The Bertz CT molecular complexity index is 752. The monoisotopic (exact) mass is 324 g/mol. The van der Waals surface area contributed by atoms with Gasteiger partial charge in [0, 0.05) is 36.1 Å². The molecule has 1 atom stereocenters. The molecule has 1 amide bonds. The van der Waals surface area contributed by atoms with E-state index in [0.717, 1.165) is 16.8 Å². The minimum absolute atomic E-state index is 0.0570. The first kappa shape index (κ1) is 15.5. The third-order valence-corrected chi connectivity index (χ3v) is 5.60. The molecule has 1 aliphatic carbocycles. The zero-order chi connectivity index (χ0) is 16.5. The first-order chi connectivity index (χ1) is 11.7. The van der Waals surface area contributed by atoms with E-state index < -0.39 is 0 Å². The fraction of sp³-hybridized carbons (Fsp3) is 0.450. The number of benzene rings is 2. The van der Waals surface area contributed by atoms with Crippen LogP contribution in [0.3, 0.4) is 0 Å². The highest BCUT2D eigenvalue weighted by Crippen LogP contribution is 2.30. The van der Waals surface area contributed by atoms with Crippen molar-refractivity contribution in [3.05, 3.63) is 42.0 Å². The van der Waals surface area contributed by atoms with Crippen molar-refractivity contribution in [3.63, 3.8) is 0 Å². The molecule has 2 aliphatic rings. The third kappa shape index (κ3) is 2.86. The molecular formula is C20H24N2O2. The van der Waals surface area contributed by atoms with Crippen molar-refractivity contribution in [2.24, 2.45) is 0 Å². The van der Waals surface area contributed by atoms with E-state index in [0.29, 0.717) is 18.2 Å². The van der Waals surface area contributed by atoms with Crippen LogP contribution in [0.4, 0.5) is 0 Å². The quantitative estimate of drug-likeness (QED) is 0.907. The maximum absolute atomic E-state index is 12.5. The topological polar surface area (TPSA) is 52.6 Å². The average molecular weight is 324 g/mol. The molecule has 2 aromatic rings. The summed E-state index contributed by atoms with van der Waals surface area (Å²) in [6.45, 7) is 1.89. The number of amides is 1. The summed E-state index contributed by atoms with van der Waals surface area (Å²) in [7, 11) is 0. The Morgan fingerprint density at radius 2 is 2.00 bits per heavy atom. The van der Waals surface area contributed by atoms with Crippen molar-refractivity contribution in [1.29, 1.82) is 0 Å². The van der Waals surface area contributed by atoms with E-state index in [1.54, 1.807) is 12.1 Å². The molecule has 126 valence electrons. The van der Waals surface area contributed by atoms with Gasteiger partial charge in [0.1, 0.15) is 5.75 Å². The van der Waals surface area contributed by atoms with Crippen LogP contribution in [-0.2, 0) is 0 Å². The molecule has 0 aromatic heterocycles. The molecular weight excluding hydrogens is 300 g/mol. The number of phenolic OH excluding ortho intramolecular Hbond substituents is 1. The highest BCUT2D eigenvalue weighted by molar-refractivity contribution is 6.00. The van der Waals surface area contributed by atoms with Gasteiger partial charge in [0.05, 0.1) is 0 Å². The van der Waals surface area contributed by atoms with Crippen LogP contribution in [0.25, 0.3) is 10.8 Å². The van der Waals surface area contributed by atoms with Crippen LogP contribution in [-0.4, -0.2) is 41.1 Å². The average Bonchev–Trinajstić information content (AvgIpc) is 3.07. The van der Waals surface area contributed by atoms with Gasteiger partial charge in [0.25, 0.3) is 5.91 Å². The van der Waals surface area contributed by atoms with E-state index >= 15 is 0 Å². The molecule has 2 fully saturated rings. The number of phenols is 1. The molecule has 1 saturated carbocycles. The number of fused-ring (bicyclic) bond motifs is 1. The molecule has 2 N–H and O–H groups in total. The number of nitrogens with zero attached hydrogens (tertiary/aromatic N) is 1. The van der Waals surface area contributed by atoms with Crippen LogP contribution in [0, 0.1) is 0 Å². The molecule has 4 rings (SSSR count). The summed E-state index contributed by atoms with van der Waals surface area (Å²) in [6, 6.07) is 12.1. The first-order valence-electron chi connectivity index (χ1n) is 8.98. The van der Waals surface area contributed by atoms with Gasteiger partial charge in [-0.3, -0.25) is 9.69 Å². The Hall–Kier alpha value is -2.07. The highest BCUT2D eigenvalue weighted by atomic mass is 16.3. The molecule has 2 aromatic carbocycles. The van der Waals surface area contributed by atoms with Gasteiger partial charge in [-0.1, -0.05) is 31.0 Å². The highest BCUT2D eigenvalue weighted by Gasteiger charge is 2.35. The zero-order valence-corrected chi connectivity index (χ0v) is 13.9. The standard InChI is InChI=1S/C20H24N2O2/c23-19-7-3-4-14-8-9-15(12-18(14)19)20(24)21-13-17-10-11-22(17)16-5-1-2-6-16/h3-4,7-9,12,16-17,23H,1-2,5-6,10-11,13H2,(H,21,24). The van der Waals surface area contributed by atoms with E-state index in [2.05, 4.69) is 10.2 Å². The maximum atomic E-state index is 12.5. The smallest absolute Gasteiger partial charge is 0.251 e. The van der Waals surface area contributed by atoms with E-state index in [1.165, 1.54) is 38.6 Å². The minimum Gasteiger partial charge on any atom is -0.507 e. The molecule has 0 spiro atoms. The Balaban J connectivity index is 1.40. The number of aromatic hydroxyl groups is 1. The normalized spacial score (nSPS) is 21.8. The molecule has 1 unspecified atom stereocenters. The summed E-state index contributed by atoms with van der Waals surface area (Å²) in [6.07, 6.45) is 6.50. The Labute approximate surface area is 142 Å². The van der Waals surface area contributed by atoms with E-state index in [1.807, 2.05) is 24.3 Å². The fourth-order valence-electron chi connectivity index (χ4n) is 4.11. The number of rotatable bonds is 4. The second-order valence-corrected chi connectivity index (χ2v) is 7.04. The molecule has 4 nitrogen and oxygen atoms in total. The van der Waals surface area contributed by atoms with Crippen molar-refractivity contribution >= 4 is 16.7 Å². The number of carbonyl (C=O) groups excluding carboxylic acids is 1. The fourth-order valence-corrected chi connectivity index (χ4v) is 4.11. The zero-order valence-electron chi connectivity index (χ0n) is 13.9. The second kappa shape index (κ2) is 6.44. The Morgan fingerprint density at radius 3 is 2.75 bits per heavy atom. The summed E-state index contributed by atoms with van der Waals surface area (Å²) in [5.41, 5.74) is 0.607. The van der Waals surface area contributed by atoms with Crippen LogP contribution in [0.15, 0.2) is 36.4 Å². The molecule has 24 heavy (non-hydrogen) atoms. The van der Waals surface area contributed by atoms with Crippen LogP contribution in [0.5, 0.6) is 5.75 Å². The predicted molar refractivity (Wildman–Crippen MR) is 95.3 cm³/mol. The lowest BCUT2D eigenvalue weighted by Gasteiger charge is -2.45. The summed E-state index contributed by atoms with van der Waals surface area (Å²) in [5, 5.41) is 14.7. The summed E-state index contributed by atoms with van der Waals surface area (Å²) in [5.74, 6) is 0.159. The summed E-state index contributed by atoms with van der Waals surface area (Å²) >= 11 is 0. The van der Waals surface area contributed by atoms with Gasteiger partial charge < -0.3 is 10.4 Å². The molecule has 1 heterocycles. The number of hydrogen-bond acceptors (Lipinski definition) is 3. The van der Waals surface area contributed by atoms with Gasteiger partial charge in [-0.15, -0.1) is 0 Å². The van der Waals surface area contributed by atoms with Crippen molar-refractivity contribution in [2.45, 2.75) is 44.2 Å². The van der Waals surface area contributed by atoms with Gasteiger partial charge in [-0.05, 0) is 42.8 Å². The largest absolute Gasteiger partial charge is 0.507 e. The molecule has 4 heteroatoms. The van der Waals surface area contributed by atoms with E-state index in [4.69, 9.17) is 0 Å². The third-order valence-electron chi connectivity index (χ3n) is 5.60. The maximum Gasteiger partial charge on any atom is 0.251 e. The first-order valence-corrected chi connectivity index (χ1v) is 8.98. The summed E-state index contributed by atoms with van der Waals surface area (Å²) in [4.78, 5) is 15.0. The minimum atomic E-state index is -0.0570. The number of hydrogen-bond donors (Lipinski definition) is 2. The number of carbonyl (C=O) groups is 1.